The van der Waals surface area contributed by atoms with E-state index in [2.05, 4.69) is 6.92 Å². The molecule has 0 aromatic rings. The van der Waals surface area contributed by atoms with Crippen molar-refractivity contribution in [2.45, 2.75) is 58.3 Å². The SMILES string of the molecule is CCCCCCP1(=S)CCCCCC1. The third kappa shape index (κ3) is 4.94. The molecule has 0 unspecified atom stereocenters. The first kappa shape index (κ1) is 12.7. The second kappa shape index (κ2) is 7.01. The minimum atomic E-state index is -0.864. The molecule has 0 amide bonds. The van der Waals surface area contributed by atoms with Gasteiger partial charge < -0.3 is 0 Å². The summed E-state index contributed by atoms with van der Waals surface area (Å²) < 4.78 is 0. The van der Waals surface area contributed by atoms with E-state index >= 15 is 0 Å². The van der Waals surface area contributed by atoms with Gasteiger partial charge in [0.1, 0.15) is 0 Å². The van der Waals surface area contributed by atoms with Crippen molar-refractivity contribution < 1.29 is 0 Å². The van der Waals surface area contributed by atoms with Crippen LogP contribution in [0.3, 0.4) is 0 Å². The fourth-order valence-electron chi connectivity index (χ4n) is 2.32. The van der Waals surface area contributed by atoms with Crippen molar-refractivity contribution in [3.63, 3.8) is 0 Å². The molecule has 0 spiro atoms. The highest BCUT2D eigenvalue weighted by molar-refractivity contribution is 8.14. The molecule has 0 nitrogen and oxygen atoms in total. The summed E-state index contributed by atoms with van der Waals surface area (Å²) in [6, 6.07) is -0.864. The molecule has 1 aliphatic rings. The van der Waals surface area contributed by atoms with Gasteiger partial charge in [-0.1, -0.05) is 50.8 Å². The van der Waals surface area contributed by atoms with Crippen molar-refractivity contribution in [2.75, 3.05) is 18.5 Å². The molecule has 1 aliphatic heterocycles. The predicted octanol–water partition coefficient (Wildman–Crippen LogP) is 4.62. The molecule has 1 saturated heterocycles. The summed E-state index contributed by atoms with van der Waals surface area (Å²) >= 11 is 5.90. The van der Waals surface area contributed by atoms with Crippen LogP contribution >= 0.6 is 6.04 Å². The molecule has 0 aliphatic carbocycles. The number of hydrogen-bond acceptors (Lipinski definition) is 1. The molecule has 84 valence electrons. The fraction of sp³-hybridized carbons (Fsp3) is 1.00. The van der Waals surface area contributed by atoms with E-state index in [0.717, 1.165) is 0 Å². The maximum Gasteiger partial charge on any atom is -0.0235 e. The lowest BCUT2D eigenvalue weighted by molar-refractivity contribution is 0.704. The zero-order valence-corrected chi connectivity index (χ0v) is 11.3. The van der Waals surface area contributed by atoms with Crippen LogP contribution in [0.15, 0.2) is 0 Å². The van der Waals surface area contributed by atoms with Gasteiger partial charge in [-0.05, 0) is 43.8 Å². The van der Waals surface area contributed by atoms with Crippen LogP contribution in [0.5, 0.6) is 0 Å². The van der Waals surface area contributed by atoms with Crippen molar-refractivity contribution >= 4 is 17.8 Å². The fourth-order valence-corrected chi connectivity index (χ4v) is 6.55. The summed E-state index contributed by atoms with van der Waals surface area (Å²) in [5.74, 6) is 0. The van der Waals surface area contributed by atoms with E-state index in [1.165, 1.54) is 69.9 Å². The smallest absolute Gasteiger partial charge is 0.0235 e. The van der Waals surface area contributed by atoms with Crippen LogP contribution < -0.4 is 0 Å². The molecule has 1 fully saturated rings. The predicted molar refractivity (Wildman–Crippen MR) is 71.5 cm³/mol. The quantitative estimate of drug-likeness (QED) is 0.492. The standard InChI is InChI=1S/C12H25PS/c1-2-3-4-7-10-13(14)11-8-5-6-9-12-13/h2-12H2,1H3. The van der Waals surface area contributed by atoms with Crippen LogP contribution in [0.4, 0.5) is 0 Å². The summed E-state index contributed by atoms with van der Waals surface area (Å²) in [6.07, 6.45) is 15.7. The van der Waals surface area contributed by atoms with E-state index in [1.807, 2.05) is 0 Å². The van der Waals surface area contributed by atoms with Gasteiger partial charge in [0.15, 0.2) is 0 Å². The Balaban J connectivity index is 2.21. The van der Waals surface area contributed by atoms with Crippen LogP contribution in [0.1, 0.15) is 58.3 Å². The van der Waals surface area contributed by atoms with E-state index in [1.54, 1.807) is 0 Å². The van der Waals surface area contributed by atoms with Gasteiger partial charge in [0.25, 0.3) is 0 Å². The second-order valence-electron chi connectivity index (χ2n) is 4.70. The number of hydrogen-bond donors (Lipinski definition) is 0. The van der Waals surface area contributed by atoms with E-state index in [-0.39, 0.29) is 0 Å². The van der Waals surface area contributed by atoms with Crippen LogP contribution in [-0.2, 0) is 11.8 Å². The van der Waals surface area contributed by atoms with Gasteiger partial charge in [0, 0.05) is 0 Å². The first-order chi connectivity index (χ1) is 6.77. The molecule has 0 aromatic carbocycles. The lowest BCUT2D eigenvalue weighted by atomic mass is 10.2. The topological polar surface area (TPSA) is 0 Å². The molecular weight excluding hydrogens is 207 g/mol. The highest BCUT2D eigenvalue weighted by Gasteiger charge is 2.18. The third-order valence-corrected chi connectivity index (χ3v) is 8.34. The van der Waals surface area contributed by atoms with Crippen molar-refractivity contribution in [1.82, 2.24) is 0 Å². The van der Waals surface area contributed by atoms with E-state index in [4.69, 9.17) is 11.8 Å². The molecule has 1 rings (SSSR count). The van der Waals surface area contributed by atoms with Crippen LogP contribution in [-0.4, -0.2) is 18.5 Å². The Bertz CT molecular complexity index is 177. The Labute approximate surface area is 94.9 Å². The lowest BCUT2D eigenvalue weighted by Gasteiger charge is -2.19. The molecule has 0 atom stereocenters. The van der Waals surface area contributed by atoms with Gasteiger partial charge in [-0.3, -0.25) is 0 Å². The normalized spacial score (nSPS) is 21.8. The van der Waals surface area contributed by atoms with Crippen molar-refractivity contribution in [3.05, 3.63) is 0 Å². The summed E-state index contributed by atoms with van der Waals surface area (Å²) in [5, 5.41) is 0. The average molecular weight is 232 g/mol. The summed E-state index contributed by atoms with van der Waals surface area (Å²) in [6.45, 7) is 2.28. The van der Waals surface area contributed by atoms with Gasteiger partial charge in [0.05, 0.1) is 0 Å². The van der Waals surface area contributed by atoms with Gasteiger partial charge in [-0.2, -0.15) is 0 Å². The van der Waals surface area contributed by atoms with Crippen LogP contribution in [0, 0.1) is 0 Å². The maximum atomic E-state index is 5.90. The second-order valence-corrected chi connectivity index (χ2v) is 10.5. The van der Waals surface area contributed by atoms with E-state index < -0.39 is 6.04 Å². The summed E-state index contributed by atoms with van der Waals surface area (Å²) in [5.41, 5.74) is 0. The van der Waals surface area contributed by atoms with Gasteiger partial charge in [-0.25, -0.2) is 0 Å². The van der Waals surface area contributed by atoms with Crippen LogP contribution in [0.25, 0.3) is 0 Å². The van der Waals surface area contributed by atoms with Gasteiger partial charge >= 0.3 is 0 Å². The molecule has 2 heteroatoms. The average Bonchev–Trinajstić information content (AvgIpc) is 2.39. The minimum absolute atomic E-state index is 0.864. The highest BCUT2D eigenvalue weighted by atomic mass is 32.4. The van der Waals surface area contributed by atoms with Crippen molar-refractivity contribution in [1.29, 1.82) is 0 Å². The summed E-state index contributed by atoms with van der Waals surface area (Å²) in [7, 11) is 0. The van der Waals surface area contributed by atoms with Crippen molar-refractivity contribution in [2.24, 2.45) is 0 Å². The Morgan fingerprint density at radius 2 is 1.57 bits per heavy atom. The molecule has 0 aromatic heterocycles. The van der Waals surface area contributed by atoms with E-state index in [0.29, 0.717) is 0 Å². The molecular formula is C12H25PS. The molecule has 0 N–H and O–H groups in total. The largest absolute Gasteiger partial charge is 0.0975 e. The highest BCUT2D eigenvalue weighted by Crippen LogP contribution is 2.50. The molecule has 14 heavy (non-hydrogen) atoms. The molecule has 0 saturated carbocycles. The first-order valence-corrected chi connectivity index (χ1v) is 9.70. The van der Waals surface area contributed by atoms with Crippen LogP contribution in [0.2, 0.25) is 0 Å². The van der Waals surface area contributed by atoms with E-state index in [9.17, 15) is 0 Å². The maximum absolute atomic E-state index is 5.90. The zero-order valence-electron chi connectivity index (χ0n) is 9.63. The number of unbranched alkanes of at least 4 members (excludes halogenated alkanes) is 3. The number of rotatable bonds is 5. The molecule has 0 bridgehead atoms. The van der Waals surface area contributed by atoms with Gasteiger partial charge in [0.2, 0.25) is 0 Å². The zero-order chi connectivity index (χ0) is 10.3. The first-order valence-electron chi connectivity index (χ1n) is 6.34. The Morgan fingerprint density at radius 1 is 0.929 bits per heavy atom. The Hall–Kier alpha value is 0.650. The minimum Gasteiger partial charge on any atom is -0.0975 e. The van der Waals surface area contributed by atoms with Gasteiger partial charge in [-0.15, -0.1) is 0 Å². The Kier molecular flexibility index (Phi) is 6.37. The lowest BCUT2D eigenvalue weighted by Crippen LogP contribution is -1.97. The summed E-state index contributed by atoms with van der Waals surface area (Å²) in [4.78, 5) is 0. The third-order valence-electron chi connectivity index (χ3n) is 3.30. The molecule has 0 radical (unpaired) electrons. The van der Waals surface area contributed by atoms with Crippen molar-refractivity contribution in [3.8, 4) is 0 Å². The molecule has 1 heterocycles. The monoisotopic (exact) mass is 232 g/mol. The Morgan fingerprint density at radius 3 is 2.14 bits per heavy atom.